The van der Waals surface area contributed by atoms with Crippen LogP contribution in [0.3, 0.4) is 0 Å². The minimum absolute atomic E-state index is 0.421. The lowest BCUT2D eigenvalue weighted by atomic mass is 10.1. The third kappa shape index (κ3) is 2.87. The Morgan fingerprint density at radius 3 is 2.67 bits per heavy atom. The summed E-state index contributed by atoms with van der Waals surface area (Å²) < 4.78 is 0.421. The number of hydrazine groups is 1. The maximum Gasteiger partial charge on any atom is 0.148 e. The highest BCUT2D eigenvalue weighted by molar-refractivity contribution is 8.00. The van der Waals surface area contributed by atoms with E-state index in [2.05, 4.69) is 33.9 Å². The number of thioether (sulfide) groups is 1. The lowest BCUT2D eigenvalue weighted by molar-refractivity contribution is 0.883. The van der Waals surface area contributed by atoms with Gasteiger partial charge in [0.2, 0.25) is 0 Å². The summed E-state index contributed by atoms with van der Waals surface area (Å²) in [6.45, 7) is 3.10. The zero-order valence-electron chi connectivity index (χ0n) is 11.0. The Hall–Kier alpha value is -1.01. The minimum atomic E-state index is 0.421. The second-order valence-electron chi connectivity index (χ2n) is 4.68. The van der Waals surface area contributed by atoms with Crippen LogP contribution in [-0.2, 0) is 6.42 Å². The summed E-state index contributed by atoms with van der Waals surface area (Å²) in [5.74, 6) is 7.14. The average Bonchev–Trinajstić information content (AvgIpc) is 3.18. The zero-order valence-corrected chi connectivity index (χ0v) is 11.8. The molecule has 0 atom stereocenters. The fourth-order valence-electron chi connectivity index (χ4n) is 2.01. The van der Waals surface area contributed by atoms with Crippen molar-refractivity contribution >= 4 is 23.4 Å². The van der Waals surface area contributed by atoms with Gasteiger partial charge in [0.1, 0.15) is 18.0 Å². The molecule has 1 aromatic heterocycles. The molecule has 1 aliphatic carbocycles. The monoisotopic (exact) mass is 267 g/mol. The van der Waals surface area contributed by atoms with Crippen molar-refractivity contribution in [1.82, 2.24) is 9.97 Å². The van der Waals surface area contributed by atoms with Gasteiger partial charge in [0, 0.05) is 16.9 Å². The van der Waals surface area contributed by atoms with Crippen LogP contribution in [0.1, 0.15) is 31.7 Å². The van der Waals surface area contributed by atoms with Crippen molar-refractivity contribution < 1.29 is 0 Å². The Bertz CT molecular complexity index is 405. The Balaban J connectivity index is 2.10. The fourth-order valence-corrected chi connectivity index (χ4v) is 2.74. The molecule has 1 saturated carbocycles. The van der Waals surface area contributed by atoms with Gasteiger partial charge in [-0.3, -0.25) is 0 Å². The van der Waals surface area contributed by atoms with Gasteiger partial charge in [0.25, 0.3) is 0 Å². The van der Waals surface area contributed by atoms with Gasteiger partial charge in [-0.25, -0.2) is 15.8 Å². The molecule has 0 spiro atoms. The molecule has 0 aromatic carbocycles. The van der Waals surface area contributed by atoms with Crippen LogP contribution in [-0.4, -0.2) is 27.5 Å². The van der Waals surface area contributed by atoms with Gasteiger partial charge in [-0.15, -0.1) is 0 Å². The summed E-state index contributed by atoms with van der Waals surface area (Å²) >= 11 is 1.94. The van der Waals surface area contributed by atoms with Gasteiger partial charge in [0.15, 0.2) is 0 Å². The number of aromatic nitrogens is 2. The summed E-state index contributed by atoms with van der Waals surface area (Å²) in [6, 6.07) is 0. The van der Waals surface area contributed by atoms with E-state index in [0.717, 1.165) is 36.6 Å². The number of nitrogens with one attached hydrogen (secondary N) is 2. The molecule has 1 fully saturated rings. The average molecular weight is 267 g/mol. The Labute approximate surface area is 112 Å². The van der Waals surface area contributed by atoms with Crippen LogP contribution >= 0.6 is 11.8 Å². The minimum Gasteiger partial charge on any atom is -0.368 e. The molecule has 5 nitrogen and oxygen atoms in total. The van der Waals surface area contributed by atoms with E-state index in [9.17, 15) is 0 Å². The van der Waals surface area contributed by atoms with Crippen molar-refractivity contribution in [3.05, 3.63) is 11.9 Å². The highest BCUT2D eigenvalue weighted by Crippen LogP contribution is 2.47. The molecular formula is C12H21N5S. The maximum atomic E-state index is 5.50. The van der Waals surface area contributed by atoms with Gasteiger partial charge in [0.05, 0.1) is 0 Å². The summed E-state index contributed by atoms with van der Waals surface area (Å²) in [7, 11) is 0. The second-order valence-corrected chi connectivity index (χ2v) is 5.96. The topological polar surface area (TPSA) is 75.9 Å². The van der Waals surface area contributed by atoms with Crippen molar-refractivity contribution in [2.45, 2.75) is 37.4 Å². The van der Waals surface area contributed by atoms with E-state index in [-0.39, 0.29) is 0 Å². The van der Waals surface area contributed by atoms with Crippen LogP contribution in [0.4, 0.5) is 11.6 Å². The molecule has 0 bridgehead atoms. The lowest BCUT2D eigenvalue weighted by Crippen LogP contribution is -2.20. The first-order valence-electron chi connectivity index (χ1n) is 6.34. The molecule has 0 amide bonds. The van der Waals surface area contributed by atoms with Crippen molar-refractivity contribution in [2.24, 2.45) is 5.84 Å². The van der Waals surface area contributed by atoms with Crippen LogP contribution in [0, 0.1) is 0 Å². The van der Waals surface area contributed by atoms with Crippen LogP contribution in [0.25, 0.3) is 0 Å². The van der Waals surface area contributed by atoms with E-state index in [1.807, 2.05) is 11.8 Å². The van der Waals surface area contributed by atoms with Gasteiger partial charge in [-0.2, -0.15) is 11.8 Å². The van der Waals surface area contributed by atoms with E-state index in [4.69, 9.17) is 5.84 Å². The smallest absolute Gasteiger partial charge is 0.148 e. The zero-order chi connectivity index (χ0) is 13.0. The summed E-state index contributed by atoms with van der Waals surface area (Å²) in [4.78, 5) is 8.51. The van der Waals surface area contributed by atoms with E-state index < -0.39 is 0 Å². The molecule has 0 saturated heterocycles. The number of nitrogens with zero attached hydrogens (tertiary/aromatic N) is 2. The third-order valence-electron chi connectivity index (χ3n) is 3.40. The number of rotatable bonds is 7. The first kappa shape index (κ1) is 13.4. The Morgan fingerprint density at radius 2 is 2.11 bits per heavy atom. The van der Waals surface area contributed by atoms with Gasteiger partial charge < -0.3 is 10.7 Å². The molecule has 2 rings (SSSR count). The quantitative estimate of drug-likeness (QED) is 0.518. The van der Waals surface area contributed by atoms with Crippen molar-refractivity contribution in [2.75, 3.05) is 23.5 Å². The molecule has 100 valence electrons. The van der Waals surface area contributed by atoms with Crippen LogP contribution in [0.2, 0.25) is 0 Å². The van der Waals surface area contributed by atoms with Crippen LogP contribution in [0.15, 0.2) is 6.33 Å². The van der Waals surface area contributed by atoms with Crippen molar-refractivity contribution in [1.29, 1.82) is 0 Å². The number of hydrogen-bond acceptors (Lipinski definition) is 6. The molecular weight excluding hydrogens is 246 g/mol. The summed E-state index contributed by atoms with van der Waals surface area (Å²) in [6.07, 6.45) is 8.28. The number of hydrogen-bond donors (Lipinski definition) is 3. The lowest BCUT2D eigenvalue weighted by Gasteiger charge is -2.17. The maximum absolute atomic E-state index is 5.50. The van der Waals surface area contributed by atoms with Gasteiger partial charge >= 0.3 is 0 Å². The highest BCUT2D eigenvalue weighted by Gasteiger charge is 2.41. The Kier molecular flexibility index (Phi) is 4.29. The number of nitrogen functional groups attached to an aromatic ring is 1. The molecule has 0 unspecified atom stereocenters. The predicted molar refractivity (Wildman–Crippen MR) is 77.8 cm³/mol. The van der Waals surface area contributed by atoms with E-state index >= 15 is 0 Å². The molecule has 6 heteroatoms. The Morgan fingerprint density at radius 1 is 1.39 bits per heavy atom. The van der Waals surface area contributed by atoms with Gasteiger partial charge in [-0.1, -0.05) is 13.3 Å². The molecule has 1 aliphatic rings. The molecule has 0 radical (unpaired) electrons. The second kappa shape index (κ2) is 5.75. The standard InChI is InChI=1S/C12H21N5S/c1-3-4-9-10(15-8-16-11(9)17-13)14-7-12(18-2)5-6-12/h8H,3-7,13H2,1-2H3,(H2,14,15,16,17). The van der Waals surface area contributed by atoms with Crippen LogP contribution in [0.5, 0.6) is 0 Å². The summed E-state index contributed by atoms with van der Waals surface area (Å²) in [5.41, 5.74) is 3.73. The van der Waals surface area contributed by atoms with Crippen molar-refractivity contribution in [3.8, 4) is 0 Å². The van der Waals surface area contributed by atoms with Crippen LogP contribution < -0.4 is 16.6 Å². The largest absolute Gasteiger partial charge is 0.368 e. The third-order valence-corrected chi connectivity index (χ3v) is 4.82. The number of nitrogens with two attached hydrogens (primary N) is 1. The highest BCUT2D eigenvalue weighted by atomic mass is 32.2. The SMILES string of the molecule is CCCc1c(NN)ncnc1NCC1(SC)CC1. The first-order valence-corrected chi connectivity index (χ1v) is 7.56. The van der Waals surface area contributed by atoms with Gasteiger partial charge in [-0.05, 0) is 25.5 Å². The normalized spacial score (nSPS) is 16.4. The molecule has 4 N–H and O–H groups in total. The summed E-state index contributed by atoms with van der Waals surface area (Å²) in [5, 5.41) is 3.46. The van der Waals surface area contributed by atoms with E-state index in [1.54, 1.807) is 6.33 Å². The molecule has 1 heterocycles. The van der Waals surface area contributed by atoms with Crippen molar-refractivity contribution in [3.63, 3.8) is 0 Å². The fraction of sp³-hybridized carbons (Fsp3) is 0.667. The molecule has 1 aromatic rings. The van der Waals surface area contributed by atoms with E-state index in [1.165, 1.54) is 12.8 Å². The number of anilines is 2. The molecule has 18 heavy (non-hydrogen) atoms. The first-order chi connectivity index (χ1) is 8.74. The molecule has 0 aliphatic heterocycles. The predicted octanol–water partition coefficient (Wildman–Crippen LogP) is 2.02. The van der Waals surface area contributed by atoms with E-state index in [0.29, 0.717) is 4.75 Å².